The van der Waals surface area contributed by atoms with E-state index in [-0.39, 0.29) is 18.1 Å². The summed E-state index contributed by atoms with van der Waals surface area (Å²) in [5.74, 6) is -0.220. The van der Waals surface area contributed by atoms with Crippen LogP contribution < -0.4 is 0 Å². The predicted octanol–water partition coefficient (Wildman–Crippen LogP) is 2.66. The molecule has 0 amide bonds. The van der Waals surface area contributed by atoms with E-state index in [1.807, 2.05) is 0 Å². The van der Waals surface area contributed by atoms with Crippen LogP contribution in [0, 0.1) is 0 Å². The summed E-state index contributed by atoms with van der Waals surface area (Å²) in [4.78, 5) is 7.31. The van der Waals surface area contributed by atoms with Gasteiger partial charge in [0, 0.05) is 13.5 Å². The molecule has 92 valence electrons. The van der Waals surface area contributed by atoms with E-state index in [4.69, 9.17) is 4.42 Å². The van der Waals surface area contributed by atoms with Crippen molar-refractivity contribution in [1.82, 2.24) is 14.5 Å². The van der Waals surface area contributed by atoms with Gasteiger partial charge in [-0.3, -0.25) is 0 Å². The number of nitrogens with zero attached hydrogens (tertiary/aromatic N) is 3. The van der Waals surface area contributed by atoms with Crippen LogP contribution >= 0.6 is 0 Å². The van der Waals surface area contributed by atoms with Gasteiger partial charge in [0.05, 0.1) is 12.5 Å². The molecule has 2 rings (SSSR count). The number of oxazole rings is 1. The Morgan fingerprint density at radius 2 is 2.12 bits per heavy atom. The predicted molar refractivity (Wildman–Crippen MR) is 53.1 cm³/mol. The lowest BCUT2D eigenvalue weighted by atomic mass is 10.3. The Hall–Kier alpha value is -1.79. The fraction of sp³-hybridized carbons (Fsp3) is 0.400. The van der Waals surface area contributed by atoms with Crippen LogP contribution in [0.1, 0.15) is 18.4 Å². The lowest BCUT2D eigenvalue weighted by Crippen LogP contribution is -2.08. The molecule has 0 radical (unpaired) electrons. The van der Waals surface area contributed by atoms with E-state index >= 15 is 0 Å². The number of rotatable bonds is 2. The molecule has 0 aliphatic carbocycles. The first kappa shape index (κ1) is 11.7. The van der Waals surface area contributed by atoms with Crippen molar-refractivity contribution in [1.29, 1.82) is 0 Å². The molecule has 0 fully saturated rings. The van der Waals surface area contributed by atoms with Gasteiger partial charge in [-0.1, -0.05) is 6.92 Å². The maximum absolute atomic E-state index is 12.6. The van der Waals surface area contributed by atoms with Gasteiger partial charge in [-0.25, -0.2) is 9.97 Å². The van der Waals surface area contributed by atoms with Gasteiger partial charge in [0.1, 0.15) is 11.5 Å². The molecule has 0 aliphatic rings. The number of alkyl halides is 3. The van der Waals surface area contributed by atoms with E-state index in [2.05, 4.69) is 9.97 Å². The number of halogens is 3. The number of hydrogen-bond donors (Lipinski definition) is 0. The average molecular weight is 245 g/mol. The highest BCUT2D eigenvalue weighted by atomic mass is 19.4. The minimum atomic E-state index is -4.49. The zero-order chi connectivity index (χ0) is 12.6. The van der Waals surface area contributed by atoms with Gasteiger partial charge in [-0.2, -0.15) is 13.2 Å². The quantitative estimate of drug-likeness (QED) is 0.816. The van der Waals surface area contributed by atoms with Crippen molar-refractivity contribution >= 4 is 0 Å². The molecule has 0 aromatic carbocycles. The third-order valence-corrected chi connectivity index (χ3v) is 2.32. The molecule has 0 spiro atoms. The molecule has 0 N–H and O–H groups in total. The number of aromatic nitrogens is 3. The molecule has 2 aromatic rings. The molecular formula is C10H10F3N3O. The summed E-state index contributed by atoms with van der Waals surface area (Å²) < 4.78 is 44.6. The van der Waals surface area contributed by atoms with E-state index in [0.717, 1.165) is 0 Å². The van der Waals surface area contributed by atoms with Gasteiger partial charge in [0.2, 0.25) is 5.89 Å². The Bertz CT molecular complexity index is 527. The van der Waals surface area contributed by atoms with Crippen molar-refractivity contribution in [3.05, 3.63) is 24.0 Å². The van der Waals surface area contributed by atoms with Gasteiger partial charge in [0.15, 0.2) is 5.69 Å². The SMILES string of the molecule is CCc1oc(-c2cncn2C)nc1C(F)(F)F. The highest BCUT2D eigenvalue weighted by Crippen LogP contribution is 2.34. The smallest absolute Gasteiger partial charge is 0.436 e. The van der Waals surface area contributed by atoms with Crippen LogP contribution in [0.3, 0.4) is 0 Å². The van der Waals surface area contributed by atoms with Crippen molar-refractivity contribution in [2.24, 2.45) is 7.05 Å². The Kier molecular flexibility index (Phi) is 2.68. The van der Waals surface area contributed by atoms with Gasteiger partial charge >= 0.3 is 6.18 Å². The minimum absolute atomic E-state index is 0.0609. The monoisotopic (exact) mass is 245 g/mol. The second-order valence-electron chi connectivity index (χ2n) is 3.53. The summed E-state index contributed by atoms with van der Waals surface area (Å²) >= 11 is 0. The van der Waals surface area contributed by atoms with E-state index in [1.165, 1.54) is 12.5 Å². The van der Waals surface area contributed by atoms with Crippen LogP contribution in [-0.2, 0) is 19.6 Å². The Balaban J connectivity index is 2.52. The van der Waals surface area contributed by atoms with Crippen molar-refractivity contribution < 1.29 is 17.6 Å². The van der Waals surface area contributed by atoms with Crippen LogP contribution in [-0.4, -0.2) is 14.5 Å². The zero-order valence-electron chi connectivity index (χ0n) is 9.25. The summed E-state index contributed by atoms with van der Waals surface area (Å²) in [5, 5.41) is 0. The summed E-state index contributed by atoms with van der Waals surface area (Å²) in [6.07, 6.45) is -1.48. The molecule has 17 heavy (non-hydrogen) atoms. The molecule has 7 heteroatoms. The Labute approximate surface area is 95.1 Å². The standard InChI is InChI=1S/C10H10F3N3O/c1-3-7-8(10(11,12)13)15-9(17-7)6-4-14-5-16(6)2/h4-5H,3H2,1-2H3. The topological polar surface area (TPSA) is 43.9 Å². The maximum atomic E-state index is 12.6. The molecule has 0 saturated carbocycles. The fourth-order valence-electron chi connectivity index (χ4n) is 1.49. The maximum Gasteiger partial charge on any atom is 0.436 e. The van der Waals surface area contributed by atoms with Gasteiger partial charge in [0.25, 0.3) is 0 Å². The summed E-state index contributed by atoms with van der Waals surface area (Å²) in [6.45, 7) is 1.59. The Morgan fingerprint density at radius 1 is 1.41 bits per heavy atom. The molecule has 2 heterocycles. The first-order valence-electron chi connectivity index (χ1n) is 4.97. The zero-order valence-corrected chi connectivity index (χ0v) is 9.25. The molecule has 4 nitrogen and oxygen atoms in total. The van der Waals surface area contributed by atoms with Crippen LogP contribution in [0.4, 0.5) is 13.2 Å². The van der Waals surface area contributed by atoms with Crippen molar-refractivity contribution in [2.75, 3.05) is 0 Å². The average Bonchev–Trinajstić information content (AvgIpc) is 2.81. The molecule has 0 bridgehead atoms. The molecule has 0 unspecified atom stereocenters. The molecule has 0 saturated heterocycles. The largest absolute Gasteiger partial charge is 0.439 e. The minimum Gasteiger partial charge on any atom is -0.439 e. The summed E-state index contributed by atoms with van der Waals surface area (Å²) in [6, 6.07) is 0. The highest BCUT2D eigenvalue weighted by Gasteiger charge is 2.38. The highest BCUT2D eigenvalue weighted by molar-refractivity contribution is 5.47. The molecular weight excluding hydrogens is 235 g/mol. The number of aryl methyl sites for hydroxylation is 2. The first-order chi connectivity index (χ1) is 7.93. The third-order valence-electron chi connectivity index (χ3n) is 2.32. The van der Waals surface area contributed by atoms with Crippen LogP contribution in [0.5, 0.6) is 0 Å². The lowest BCUT2D eigenvalue weighted by molar-refractivity contribution is -0.141. The van der Waals surface area contributed by atoms with E-state index < -0.39 is 11.9 Å². The number of imidazole rings is 1. The van der Waals surface area contributed by atoms with Gasteiger partial charge in [-0.15, -0.1) is 0 Å². The van der Waals surface area contributed by atoms with Gasteiger partial charge in [-0.05, 0) is 0 Å². The third kappa shape index (κ3) is 2.04. The van der Waals surface area contributed by atoms with Crippen LogP contribution in [0.25, 0.3) is 11.6 Å². The van der Waals surface area contributed by atoms with Crippen molar-refractivity contribution in [3.63, 3.8) is 0 Å². The van der Waals surface area contributed by atoms with E-state index in [9.17, 15) is 13.2 Å². The fourth-order valence-corrected chi connectivity index (χ4v) is 1.49. The lowest BCUT2D eigenvalue weighted by Gasteiger charge is -2.01. The second-order valence-corrected chi connectivity index (χ2v) is 3.53. The number of hydrogen-bond acceptors (Lipinski definition) is 3. The van der Waals surface area contributed by atoms with Crippen molar-refractivity contribution in [2.45, 2.75) is 19.5 Å². The summed E-state index contributed by atoms with van der Waals surface area (Å²) in [5.41, 5.74) is -0.550. The van der Waals surface area contributed by atoms with E-state index in [1.54, 1.807) is 18.5 Å². The van der Waals surface area contributed by atoms with Crippen molar-refractivity contribution in [3.8, 4) is 11.6 Å². The van der Waals surface area contributed by atoms with Crippen LogP contribution in [0.15, 0.2) is 16.9 Å². The Morgan fingerprint density at radius 3 is 2.53 bits per heavy atom. The molecule has 0 aliphatic heterocycles. The van der Waals surface area contributed by atoms with Gasteiger partial charge < -0.3 is 8.98 Å². The van der Waals surface area contributed by atoms with E-state index in [0.29, 0.717) is 5.69 Å². The second kappa shape index (κ2) is 3.90. The van der Waals surface area contributed by atoms with Crippen LogP contribution in [0.2, 0.25) is 0 Å². The molecule has 2 aromatic heterocycles. The summed E-state index contributed by atoms with van der Waals surface area (Å²) in [7, 11) is 1.66. The molecule has 0 atom stereocenters. The first-order valence-corrected chi connectivity index (χ1v) is 4.97. The normalized spacial score (nSPS) is 12.1.